The molecule has 1 aliphatic rings. The fraction of sp³-hybridized carbons (Fsp3) is 0.462. The maximum Gasteiger partial charge on any atom is 0.276 e. The summed E-state index contributed by atoms with van der Waals surface area (Å²) in [6.45, 7) is 1.46. The minimum atomic E-state index is -2.73. The first kappa shape index (κ1) is 11.2. The largest absolute Gasteiger partial charge is 0.300 e. The molecule has 0 unspecified atom stereocenters. The Morgan fingerprint density at radius 2 is 2.12 bits per heavy atom. The molecule has 0 aliphatic heterocycles. The number of hydrogen-bond donors (Lipinski definition) is 0. The van der Waals surface area contributed by atoms with Gasteiger partial charge in [-0.15, -0.1) is 0 Å². The second-order valence-electron chi connectivity index (χ2n) is 4.48. The zero-order chi connectivity index (χ0) is 11.8. The number of carbonyl (C=O) groups excluding carboxylic acids is 1. The molecule has 0 spiro atoms. The van der Waals surface area contributed by atoms with E-state index in [4.69, 9.17) is 0 Å². The Morgan fingerprint density at radius 1 is 1.44 bits per heavy atom. The van der Waals surface area contributed by atoms with Gasteiger partial charge in [0.2, 0.25) is 0 Å². The van der Waals surface area contributed by atoms with Crippen molar-refractivity contribution < 1.29 is 13.6 Å². The van der Waals surface area contributed by atoms with Crippen molar-refractivity contribution in [3.8, 4) is 0 Å². The predicted octanol–water partition coefficient (Wildman–Crippen LogP) is 3.32. The van der Waals surface area contributed by atoms with Gasteiger partial charge >= 0.3 is 0 Å². The van der Waals surface area contributed by atoms with Crippen molar-refractivity contribution in [3.05, 3.63) is 35.4 Å². The van der Waals surface area contributed by atoms with Crippen LogP contribution in [0.4, 0.5) is 8.78 Å². The topological polar surface area (TPSA) is 17.1 Å². The van der Waals surface area contributed by atoms with Crippen LogP contribution in [0.15, 0.2) is 24.3 Å². The molecule has 0 N–H and O–H groups in total. The van der Waals surface area contributed by atoms with Gasteiger partial charge in [0.15, 0.2) is 0 Å². The normalized spacial score (nSPS) is 16.2. The van der Waals surface area contributed by atoms with E-state index in [0.29, 0.717) is 18.4 Å². The molecule has 0 heterocycles. The standard InChI is InChI=1S/C13H14F2O/c1-9(16)7-10-3-2-4-12(8-10)13(14,15)11-5-6-11/h2-4,8,11H,5-7H2,1H3. The van der Waals surface area contributed by atoms with E-state index in [0.717, 1.165) is 0 Å². The first-order valence-corrected chi connectivity index (χ1v) is 5.47. The summed E-state index contributed by atoms with van der Waals surface area (Å²) in [6.07, 6.45) is 1.43. The molecule has 0 saturated heterocycles. The fourth-order valence-corrected chi connectivity index (χ4v) is 1.86. The predicted molar refractivity (Wildman–Crippen MR) is 57.4 cm³/mol. The number of hydrogen-bond acceptors (Lipinski definition) is 1. The molecule has 1 nitrogen and oxygen atoms in total. The summed E-state index contributed by atoms with van der Waals surface area (Å²) >= 11 is 0. The van der Waals surface area contributed by atoms with Crippen molar-refractivity contribution in [2.24, 2.45) is 5.92 Å². The van der Waals surface area contributed by atoms with Gasteiger partial charge in [-0.2, -0.15) is 0 Å². The number of Topliss-reactive ketones (excluding diaryl/α,β-unsaturated/α-hetero) is 1. The molecule has 86 valence electrons. The van der Waals surface area contributed by atoms with Crippen LogP contribution in [0, 0.1) is 5.92 Å². The minimum Gasteiger partial charge on any atom is -0.300 e. The van der Waals surface area contributed by atoms with E-state index >= 15 is 0 Å². The number of alkyl halides is 2. The quantitative estimate of drug-likeness (QED) is 0.766. The lowest BCUT2D eigenvalue weighted by Crippen LogP contribution is -2.16. The van der Waals surface area contributed by atoms with Crippen LogP contribution in [0.3, 0.4) is 0 Å². The summed E-state index contributed by atoms with van der Waals surface area (Å²) in [4.78, 5) is 10.9. The van der Waals surface area contributed by atoms with E-state index in [1.54, 1.807) is 12.1 Å². The van der Waals surface area contributed by atoms with Gasteiger partial charge in [-0.25, -0.2) is 8.78 Å². The Bertz CT molecular complexity index is 408. The molecule has 2 rings (SSSR count). The highest BCUT2D eigenvalue weighted by Gasteiger charge is 2.47. The summed E-state index contributed by atoms with van der Waals surface area (Å²) in [5.74, 6) is -3.24. The zero-order valence-electron chi connectivity index (χ0n) is 9.17. The molecule has 1 saturated carbocycles. The second kappa shape index (κ2) is 3.96. The van der Waals surface area contributed by atoms with E-state index in [1.165, 1.54) is 19.1 Å². The van der Waals surface area contributed by atoms with Gasteiger partial charge in [0.1, 0.15) is 5.78 Å². The van der Waals surface area contributed by atoms with E-state index in [1.807, 2.05) is 0 Å². The molecule has 0 aromatic heterocycles. The van der Waals surface area contributed by atoms with Gasteiger partial charge in [0.25, 0.3) is 5.92 Å². The van der Waals surface area contributed by atoms with Gasteiger partial charge < -0.3 is 0 Å². The first-order chi connectivity index (χ1) is 7.50. The molecular weight excluding hydrogens is 210 g/mol. The van der Waals surface area contributed by atoms with Crippen LogP contribution in [0.5, 0.6) is 0 Å². The Balaban J connectivity index is 2.24. The van der Waals surface area contributed by atoms with Crippen molar-refractivity contribution in [1.82, 2.24) is 0 Å². The summed E-state index contributed by atoms with van der Waals surface area (Å²) in [5, 5.41) is 0. The van der Waals surface area contributed by atoms with Gasteiger partial charge in [-0.3, -0.25) is 4.79 Å². The number of ketones is 1. The van der Waals surface area contributed by atoms with E-state index in [-0.39, 0.29) is 17.8 Å². The van der Waals surface area contributed by atoms with Crippen LogP contribution in [-0.4, -0.2) is 5.78 Å². The van der Waals surface area contributed by atoms with Crippen molar-refractivity contribution in [1.29, 1.82) is 0 Å². The lowest BCUT2D eigenvalue weighted by molar-refractivity contribution is -0.116. The lowest BCUT2D eigenvalue weighted by atomic mass is 10.00. The van der Waals surface area contributed by atoms with Gasteiger partial charge in [-0.05, 0) is 31.4 Å². The highest BCUT2D eigenvalue weighted by Crippen LogP contribution is 2.49. The molecule has 1 aromatic carbocycles. The Morgan fingerprint density at radius 3 is 2.69 bits per heavy atom. The molecule has 0 bridgehead atoms. The summed E-state index contributed by atoms with van der Waals surface area (Å²) in [6, 6.07) is 6.22. The summed E-state index contributed by atoms with van der Waals surface area (Å²) in [7, 11) is 0. The van der Waals surface area contributed by atoms with E-state index in [2.05, 4.69) is 0 Å². The Kier molecular flexibility index (Phi) is 2.78. The smallest absolute Gasteiger partial charge is 0.276 e. The summed E-state index contributed by atoms with van der Waals surface area (Å²) in [5.41, 5.74) is 0.721. The molecule has 1 fully saturated rings. The van der Waals surface area contributed by atoms with Crippen LogP contribution in [0.1, 0.15) is 30.9 Å². The average Bonchev–Trinajstić information content (AvgIpc) is 3.00. The lowest BCUT2D eigenvalue weighted by Gasteiger charge is -2.16. The monoisotopic (exact) mass is 224 g/mol. The molecule has 1 aliphatic carbocycles. The number of benzene rings is 1. The highest BCUT2D eigenvalue weighted by atomic mass is 19.3. The molecule has 0 radical (unpaired) electrons. The number of carbonyl (C=O) groups is 1. The third-order valence-corrected chi connectivity index (χ3v) is 2.86. The van der Waals surface area contributed by atoms with Crippen LogP contribution >= 0.6 is 0 Å². The number of rotatable bonds is 4. The third-order valence-electron chi connectivity index (χ3n) is 2.86. The van der Waals surface area contributed by atoms with Gasteiger partial charge in [0, 0.05) is 17.9 Å². The van der Waals surface area contributed by atoms with Gasteiger partial charge in [0.05, 0.1) is 0 Å². The van der Waals surface area contributed by atoms with Crippen LogP contribution < -0.4 is 0 Å². The molecular formula is C13H14F2O. The van der Waals surface area contributed by atoms with Crippen LogP contribution in [-0.2, 0) is 17.1 Å². The number of halogens is 2. The SMILES string of the molecule is CC(=O)Cc1cccc(C(F)(F)C2CC2)c1. The van der Waals surface area contributed by atoms with Crippen LogP contribution in [0.2, 0.25) is 0 Å². The maximum atomic E-state index is 13.8. The zero-order valence-corrected chi connectivity index (χ0v) is 9.17. The van der Waals surface area contributed by atoms with Crippen LogP contribution in [0.25, 0.3) is 0 Å². The maximum absolute atomic E-state index is 13.8. The van der Waals surface area contributed by atoms with Crippen molar-refractivity contribution in [3.63, 3.8) is 0 Å². The first-order valence-electron chi connectivity index (χ1n) is 5.47. The average molecular weight is 224 g/mol. The molecule has 0 amide bonds. The van der Waals surface area contributed by atoms with E-state index < -0.39 is 11.8 Å². The Hall–Kier alpha value is -1.25. The fourth-order valence-electron chi connectivity index (χ4n) is 1.86. The molecule has 1 aromatic rings. The Labute approximate surface area is 93.5 Å². The molecule has 0 atom stereocenters. The van der Waals surface area contributed by atoms with Crippen molar-refractivity contribution >= 4 is 5.78 Å². The molecule has 16 heavy (non-hydrogen) atoms. The van der Waals surface area contributed by atoms with Crippen molar-refractivity contribution in [2.45, 2.75) is 32.1 Å². The van der Waals surface area contributed by atoms with Crippen molar-refractivity contribution in [2.75, 3.05) is 0 Å². The third kappa shape index (κ3) is 2.29. The minimum absolute atomic E-state index is 0.00751. The van der Waals surface area contributed by atoms with Gasteiger partial charge in [-0.1, -0.05) is 18.2 Å². The second-order valence-corrected chi connectivity index (χ2v) is 4.48. The summed E-state index contributed by atoms with van der Waals surface area (Å²) < 4.78 is 27.5. The highest BCUT2D eigenvalue weighted by molar-refractivity contribution is 5.78. The van der Waals surface area contributed by atoms with E-state index in [9.17, 15) is 13.6 Å². The molecule has 3 heteroatoms.